The van der Waals surface area contributed by atoms with E-state index in [2.05, 4.69) is 16.0 Å². The Kier molecular flexibility index (Phi) is 8.95. The number of hydrogen-bond donors (Lipinski definition) is 5. The van der Waals surface area contributed by atoms with E-state index in [4.69, 9.17) is 11.6 Å². The third-order valence-electron chi connectivity index (χ3n) is 5.23. The summed E-state index contributed by atoms with van der Waals surface area (Å²) in [7, 11) is 0. The summed E-state index contributed by atoms with van der Waals surface area (Å²) in [6, 6.07) is 13.5. The number of carboxylic acid groups (broad SMARTS) is 1. The van der Waals surface area contributed by atoms with Crippen LogP contribution in [0.5, 0.6) is 5.75 Å². The molecule has 0 saturated heterocycles. The van der Waals surface area contributed by atoms with E-state index in [1.54, 1.807) is 12.1 Å². The lowest BCUT2D eigenvalue weighted by atomic mass is 10.1. The molecule has 0 unspecified atom stereocenters. The second-order valence-electron chi connectivity index (χ2n) is 7.93. The van der Waals surface area contributed by atoms with Crippen LogP contribution in [0.4, 0.5) is 5.69 Å². The molecule has 0 bridgehead atoms. The Morgan fingerprint density at radius 1 is 0.895 bits per heavy atom. The first kappa shape index (κ1) is 27.6. The number of amides is 3. The van der Waals surface area contributed by atoms with Gasteiger partial charge in [0.15, 0.2) is 0 Å². The molecule has 0 aliphatic heterocycles. The summed E-state index contributed by atoms with van der Waals surface area (Å²) in [5, 5.41) is 36.9. The molecule has 5 N–H and O–H groups in total. The van der Waals surface area contributed by atoms with Crippen molar-refractivity contribution < 1.29 is 34.3 Å². The van der Waals surface area contributed by atoms with Gasteiger partial charge in [0.25, 0.3) is 23.4 Å². The predicted molar refractivity (Wildman–Crippen MR) is 135 cm³/mol. The molecule has 3 rings (SSSR count). The molecule has 0 heterocycles. The molecule has 196 valence electrons. The lowest BCUT2D eigenvalue weighted by molar-refractivity contribution is -0.384. The van der Waals surface area contributed by atoms with Crippen molar-refractivity contribution in [2.75, 3.05) is 6.54 Å². The van der Waals surface area contributed by atoms with E-state index in [0.717, 1.165) is 6.07 Å². The summed E-state index contributed by atoms with van der Waals surface area (Å²) >= 11 is 6.17. The van der Waals surface area contributed by atoms with Crippen LogP contribution in [-0.4, -0.2) is 51.4 Å². The van der Waals surface area contributed by atoms with Crippen LogP contribution < -0.4 is 16.0 Å². The van der Waals surface area contributed by atoms with E-state index in [1.165, 1.54) is 48.5 Å². The lowest BCUT2D eigenvalue weighted by Crippen LogP contribution is -2.48. The number of hydrogen-bond acceptors (Lipinski definition) is 7. The van der Waals surface area contributed by atoms with E-state index >= 15 is 0 Å². The smallest absolute Gasteiger partial charge is 0.328 e. The van der Waals surface area contributed by atoms with Crippen molar-refractivity contribution in [3.63, 3.8) is 0 Å². The molecule has 38 heavy (non-hydrogen) atoms. The van der Waals surface area contributed by atoms with Gasteiger partial charge in [-0.05, 0) is 42.0 Å². The summed E-state index contributed by atoms with van der Waals surface area (Å²) in [6.07, 6.45) is 0. The highest BCUT2D eigenvalue weighted by molar-refractivity contribution is 6.34. The molecule has 0 fully saturated rings. The van der Waals surface area contributed by atoms with Gasteiger partial charge in [-0.2, -0.15) is 0 Å². The Morgan fingerprint density at radius 2 is 1.58 bits per heavy atom. The van der Waals surface area contributed by atoms with E-state index in [1.807, 2.05) is 0 Å². The molecule has 3 aromatic carbocycles. The summed E-state index contributed by atoms with van der Waals surface area (Å²) in [5.74, 6) is -3.52. The quantitative estimate of drug-likeness (QED) is 0.191. The van der Waals surface area contributed by atoms with Crippen molar-refractivity contribution >= 4 is 41.0 Å². The Labute approximate surface area is 220 Å². The molecule has 0 aliphatic carbocycles. The number of halogens is 1. The van der Waals surface area contributed by atoms with E-state index in [-0.39, 0.29) is 39.7 Å². The Hall–Kier alpha value is -4.97. The number of aromatic hydroxyl groups is 1. The van der Waals surface area contributed by atoms with Gasteiger partial charge in [0, 0.05) is 36.3 Å². The molecule has 0 radical (unpaired) electrons. The number of phenolic OH excluding ortho intramolecular Hbond substituents is 1. The molecular formula is C25H21ClN4O8. The van der Waals surface area contributed by atoms with Gasteiger partial charge >= 0.3 is 5.97 Å². The molecule has 0 aromatic heterocycles. The standard InChI is InChI=1S/C25H21ClN4O8/c26-20-11-16(23(33)27-12-14-3-1-6-18(31)9-14)7-8-19(20)24(34)29-21(25(35)36)13-28-22(32)15-4-2-5-17(10-15)30(37)38/h1-11,21,31H,12-13H2,(H,27,33)(H,28,32)(H,29,34)(H,35,36)/t21-/m0/s1. The van der Waals surface area contributed by atoms with Crippen LogP contribution in [0.25, 0.3) is 0 Å². The van der Waals surface area contributed by atoms with E-state index < -0.39 is 41.2 Å². The summed E-state index contributed by atoms with van der Waals surface area (Å²) in [6.45, 7) is -0.384. The normalized spacial score (nSPS) is 11.2. The Balaban J connectivity index is 1.61. The largest absolute Gasteiger partial charge is 0.508 e. The first-order valence-electron chi connectivity index (χ1n) is 11.0. The van der Waals surface area contributed by atoms with Gasteiger partial charge in [0.2, 0.25) is 0 Å². The first-order valence-corrected chi connectivity index (χ1v) is 11.3. The van der Waals surface area contributed by atoms with Crippen molar-refractivity contribution in [1.29, 1.82) is 0 Å². The van der Waals surface area contributed by atoms with Crippen LogP contribution in [-0.2, 0) is 11.3 Å². The zero-order chi connectivity index (χ0) is 27.8. The molecule has 13 heteroatoms. The first-order chi connectivity index (χ1) is 18.0. The number of non-ortho nitro benzene ring substituents is 1. The summed E-state index contributed by atoms with van der Waals surface area (Å²) in [4.78, 5) is 59.3. The second-order valence-corrected chi connectivity index (χ2v) is 8.34. The molecule has 3 aromatic rings. The molecule has 3 amide bonds. The van der Waals surface area contributed by atoms with Gasteiger partial charge in [-0.25, -0.2) is 4.79 Å². The molecule has 12 nitrogen and oxygen atoms in total. The summed E-state index contributed by atoms with van der Waals surface area (Å²) < 4.78 is 0. The second kappa shape index (κ2) is 12.3. The van der Waals surface area contributed by atoms with Gasteiger partial charge < -0.3 is 26.2 Å². The van der Waals surface area contributed by atoms with Crippen LogP contribution in [0.3, 0.4) is 0 Å². The van der Waals surface area contributed by atoms with E-state index in [9.17, 15) is 39.5 Å². The monoisotopic (exact) mass is 540 g/mol. The molecule has 1 atom stereocenters. The van der Waals surface area contributed by atoms with Crippen LogP contribution in [0.15, 0.2) is 66.7 Å². The number of carboxylic acids is 1. The van der Waals surface area contributed by atoms with Crippen molar-refractivity contribution in [2.24, 2.45) is 0 Å². The lowest BCUT2D eigenvalue weighted by Gasteiger charge is -2.16. The van der Waals surface area contributed by atoms with Gasteiger partial charge in [-0.1, -0.05) is 29.8 Å². The highest BCUT2D eigenvalue weighted by atomic mass is 35.5. The van der Waals surface area contributed by atoms with Crippen molar-refractivity contribution in [3.05, 3.63) is 104 Å². The molecule has 0 saturated carbocycles. The molecule has 0 aliphatic rings. The predicted octanol–water partition coefficient (Wildman–Crippen LogP) is 2.50. The van der Waals surface area contributed by atoms with E-state index in [0.29, 0.717) is 5.56 Å². The fourth-order valence-electron chi connectivity index (χ4n) is 3.28. The number of benzene rings is 3. The van der Waals surface area contributed by atoms with Crippen LogP contribution in [0.1, 0.15) is 36.6 Å². The number of carbonyl (C=O) groups excluding carboxylic acids is 3. The fraction of sp³-hybridized carbons (Fsp3) is 0.120. The number of nitrogens with one attached hydrogen (secondary N) is 3. The highest BCUT2D eigenvalue weighted by Crippen LogP contribution is 2.19. The topological polar surface area (TPSA) is 188 Å². The number of aliphatic carboxylic acids is 1. The number of phenols is 1. The van der Waals surface area contributed by atoms with Gasteiger partial charge in [0.1, 0.15) is 11.8 Å². The maximum Gasteiger partial charge on any atom is 0.328 e. The third kappa shape index (κ3) is 7.27. The number of carbonyl (C=O) groups is 4. The minimum absolute atomic E-state index is 0.0541. The average Bonchev–Trinajstić information content (AvgIpc) is 2.89. The minimum atomic E-state index is -1.55. The number of nitro groups is 1. The number of nitrogens with zero attached hydrogens (tertiary/aromatic N) is 1. The van der Waals surface area contributed by atoms with Crippen LogP contribution in [0.2, 0.25) is 5.02 Å². The molecule has 0 spiro atoms. The Bertz CT molecular complexity index is 1410. The zero-order valence-corrected chi connectivity index (χ0v) is 20.3. The van der Waals surface area contributed by atoms with Gasteiger partial charge in [-0.15, -0.1) is 0 Å². The van der Waals surface area contributed by atoms with Gasteiger partial charge in [-0.3, -0.25) is 24.5 Å². The average molecular weight is 541 g/mol. The maximum atomic E-state index is 12.7. The number of rotatable bonds is 10. The SMILES string of the molecule is O=C(NCc1cccc(O)c1)c1ccc(C(=O)N[C@@H](CNC(=O)c2cccc([N+](=O)[O-])c2)C(=O)O)c(Cl)c1. The van der Waals surface area contributed by atoms with Crippen molar-refractivity contribution in [1.82, 2.24) is 16.0 Å². The molecular weight excluding hydrogens is 520 g/mol. The van der Waals surface area contributed by atoms with Crippen molar-refractivity contribution in [2.45, 2.75) is 12.6 Å². The van der Waals surface area contributed by atoms with Gasteiger partial charge in [0.05, 0.1) is 15.5 Å². The Morgan fingerprint density at radius 3 is 2.24 bits per heavy atom. The third-order valence-corrected chi connectivity index (χ3v) is 5.54. The van der Waals surface area contributed by atoms with Crippen molar-refractivity contribution in [3.8, 4) is 5.75 Å². The maximum absolute atomic E-state index is 12.7. The van der Waals surface area contributed by atoms with Crippen LogP contribution in [0, 0.1) is 10.1 Å². The minimum Gasteiger partial charge on any atom is -0.508 e. The highest BCUT2D eigenvalue weighted by Gasteiger charge is 2.24. The zero-order valence-electron chi connectivity index (χ0n) is 19.5. The number of nitro benzene ring substituents is 1. The van der Waals surface area contributed by atoms with Crippen LogP contribution >= 0.6 is 11.6 Å². The summed E-state index contributed by atoms with van der Waals surface area (Å²) in [5.41, 5.74) is 0.332. The fourth-order valence-corrected chi connectivity index (χ4v) is 3.55.